The van der Waals surface area contributed by atoms with E-state index in [-0.39, 0.29) is 12.2 Å². The summed E-state index contributed by atoms with van der Waals surface area (Å²) < 4.78 is 5.55. The van der Waals surface area contributed by atoms with Gasteiger partial charge < -0.3 is 19.4 Å². The number of nitrogens with zero attached hydrogens (tertiary/aromatic N) is 5. The molecule has 2 rings (SSSR count). The molecule has 0 saturated carbocycles. The molecule has 24 heavy (non-hydrogen) atoms. The maximum atomic E-state index is 11.8. The molecule has 0 aromatic carbocycles. The largest absolute Gasteiger partial charge is 0.444 e. The van der Waals surface area contributed by atoms with Crippen LogP contribution < -0.4 is 9.80 Å². The third kappa shape index (κ3) is 4.49. The van der Waals surface area contributed by atoms with E-state index in [0.29, 0.717) is 18.4 Å². The van der Waals surface area contributed by atoms with Crippen LogP contribution in [0.5, 0.6) is 0 Å². The van der Waals surface area contributed by atoms with Gasteiger partial charge in [-0.25, -0.2) is 9.78 Å². The van der Waals surface area contributed by atoms with Crippen molar-refractivity contribution < 1.29 is 9.53 Å². The summed E-state index contributed by atoms with van der Waals surface area (Å²) in [6, 6.07) is 2.05. The highest BCUT2D eigenvalue weighted by Crippen LogP contribution is 2.25. The molecule has 0 bridgehead atoms. The predicted molar refractivity (Wildman–Crippen MR) is 95.9 cm³/mol. The van der Waals surface area contributed by atoms with Crippen LogP contribution in [-0.4, -0.2) is 68.3 Å². The van der Waals surface area contributed by atoms with E-state index in [9.17, 15) is 4.79 Å². The summed E-state index contributed by atoms with van der Waals surface area (Å²) in [6.07, 6.45) is 1.47. The fraction of sp³-hybridized carbons (Fsp3) is 0.706. The van der Waals surface area contributed by atoms with Crippen LogP contribution in [0.15, 0.2) is 6.07 Å². The smallest absolute Gasteiger partial charge is 0.409 e. The Bertz CT molecular complexity index is 548. The summed E-state index contributed by atoms with van der Waals surface area (Å²) in [7, 11) is 7.29. The predicted octanol–water partition coefficient (Wildman–Crippen LogP) is 2.33. The first kappa shape index (κ1) is 18.3. The Morgan fingerprint density at radius 1 is 1.29 bits per heavy atom. The van der Waals surface area contributed by atoms with Gasteiger partial charge in [0.1, 0.15) is 11.9 Å². The topological polar surface area (TPSA) is 61.8 Å². The van der Waals surface area contributed by atoms with Crippen LogP contribution in [0.2, 0.25) is 0 Å². The Balaban J connectivity index is 2.19. The summed E-state index contributed by atoms with van der Waals surface area (Å²) in [6.45, 7) is 5.84. The molecular formula is C17H29N5O2. The second-order valence-corrected chi connectivity index (χ2v) is 6.99. The van der Waals surface area contributed by atoms with Crippen LogP contribution >= 0.6 is 0 Å². The van der Waals surface area contributed by atoms with E-state index in [4.69, 9.17) is 4.74 Å². The van der Waals surface area contributed by atoms with Crippen molar-refractivity contribution in [1.82, 2.24) is 14.9 Å². The molecule has 1 aliphatic rings. The van der Waals surface area contributed by atoms with E-state index < -0.39 is 0 Å². The zero-order valence-corrected chi connectivity index (χ0v) is 15.6. The molecule has 1 unspecified atom stereocenters. The molecule has 1 aromatic heterocycles. The van der Waals surface area contributed by atoms with Crippen LogP contribution in [0, 0.1) is 0 Å². The highest BCUT2D eigenvalue weighted by Gasteiger charge is 2.25. The van der Waals surface area contributed by atoms with E-state index in [2.05, 4.69) is 28.7 Å². The van der Waals surface area contributed by atoms with E-state index in [0.717, 1.165) is 30.9 Å². The molecule has 1 amide bonds. The summed E-state index contributed by atoms with van der Waals surface area (Å²) in [5.41, 5.74) is 1.02. The first-order chi connectivity index (χ1) is 11.3. The van der Waals surface area contributed by atoms with Gasteiger partial charge in [-0.05, 0) is 18.8 Å². The van der Waals surface area contributed by atoms with E-state index in [1.54, 1.807) is 14.1 Å². The number of hydrogen-bond donors (Lipinski definition) is 0. The fourth-order valence-corrected chi connectivity index (χ4v) is 2.59. The van der Waals surface area contributed by atoms with Crippen molar-refractivity contribution in [3.8, 4) is 0 Å². The molecule has 0 radical (unpaired) electrons. The van der Waals surface area contributed by atoms with Gasteiger partial charge in [-0.1, -0.05) is 13.8 Å². The number of piperidine rings is 1. The number of aromatic nitrogens is 2. The maximum absolute atomic E-state index is 11.8. The molecule has 0 spiro atoms. The zero-order valence-electron chi connectivity index (χ0n) is 15.6. The number of ether oxygens (including phenoxy) is 1. The van der Waals surface area contributed by atoms with Crippen molar-refractivity contribution in [2.45, 2.75) is 38.7 Å². The zero-order chi connectivity index (χ0) is 17.9. The SMILES string of the molecule is CC(C)c1cc(N2CCCC(OC(=O)N(C)C)C2)nc(N(C)C)n1. The molecule has 1 fully saturated rings. The average Bonchev–Trinajstić information content (AvgIpc) is 2.54. The van der Waals surface area contributed by atoms with Gasteiger partial charge in [0.25, 0.3) is 0 Å². The molecule has 2 heterocycles. The minimum atomic E-state index is -0.290. The van der Waals surface area contributed by atoms with Crippen LogP contribution in [-0.2, 0) is 4.74 Å². The van der Waals surface area contributed by atoms with E-state index in [1.807, 2.05) is 25.1 Å². The third-order valence-electron chi connectivity index (χ3n) is 4.05. The van der Waals surface area contributed by atoms with Crippen molar-refractivity contribution in [1.29, 1.82) is 0 Å². The first-order valence-electron chi connectivity index (χ1n) is 8.47. The average molecular weight is 335 g/mol. The lowest BCUT2D eigenvalue weighted by molar-refractivity contribution is 0.0670. The Hall–Kier alpha value is -2.05. The van der Waals surface area contributed by atoms with Crippen molar-refractivity contribution in [3.63, 3.8) is 0 Å². The number of anilines is 2. The Morgan fingerprint density at radius 2 is 2.00 bits per heavy atom. The number of carbonyl (C=O) groups excluding carboxylic acids is 1. The molecule has 1 saturated heterocycles. The third-order valence-corrected chi connectivity index (χ3v) is 4.05. The number of hydrogen-bond acceptors (Lipinski definition) is 6. The van der Waals surface area contributed by atoms with Gasteiger partial charge in [0.15, 0.2) is 0 Å². The molecule has 7 heteroatoms. The minimum Gasteiger partial charge on any atom is -0.444 e. The maximum Gasteiger partial charge on any atom is 0.409 e. The van der Waals surface area contributed by atoms with Crippen LogP contribution in [0.1, 0.15) is 38.3 Å². The summed E-state index contributed by atoms with van der Waals surface area (Å²) >= 11 is 0. The molecule has 1 aromatic rings. The summed E-state index contributed by atoms with van der Waals surface area (Å²) in [5, 5.41) is 0. The number of rotatable bonds is 4. The van der Waals surface area contributed by atoms with Gasteiger partial charge in [-0.2, -0.15) is 4.98 Å². The Kier molecular flexibility index (Phi) is 5.85. The van der Waals surface area contributed by atoms with Gasteiger partial charge in [0.2, 0.25) is 5.95 Å². The quantitative estimate of drug-likeness (QED) is 0.841. The van der Waals surface area contributed by atoms with Crippen molar-refractivity contribution >= 4 is 17.9 Å². The van der Waals surface area contributed by atoms with Crippen molar-refractivity contribution in [2.75, 3.05) is 51.1 Å². The fourth-order valence-electron chi connectivity index (χ4n) is 2.59. The van der Waals surface area contributed by atoms with Gasteiger partial charge in [-0.15, -0.1) is 0 Å². The van der Waals surface area contributed by atoms with E-state index >= 15 is 0 Å². The highest BCUT2D eigenvalue weighted by atomic mass is 16.6. The van der Waals surface area contributed by atoms with Crippen LogP contribution in [0.3, 0.4) is 0 Å². The molecule has 1 aliphatic heterocycles. The van der Waals surface area contributed by atoms with Gasteiger partial charge >= 0.3 is 6.09 Å². The second kappa shape index (κ2) is 7.68. The number of amides is 1. The minimum absolute atomic E-state index is 0.103. The number of carbonyl (C=O) groups is 1. The first-order valence-corrected chi connectivity index (χ1v) is 8.47. The molecule has 0 N–H and O–H groups in total. The molecule has 7 nitrogen and oxygen atoms in total. The lowest BCUT2D eigenvalue weighted by atomic mass is 10.1. The van der Waals surface area contributed by atoms with Gasteiger partial charge in [-0.3, -0.25) is 0 Å². The highest BCUT2D eigenvalue weighted by molar-refractivity contribution is 5.67. The summed E-state index contributed by atoms with van der Waals surface area (Å²) in [5.74, 6) is 1.95. The lowest BCUT2D eigenvalue weighted by Gasteiger charge is -2.34. The lowest BCUT2D eigenvalue weighted by Crippen LogP contribution is -2.42. The molecule has 0 aliphatic carbocycles. The van der Waals surface area contributed by atoms with Gasteiger partial charge in [0.05, 0.1) is 12.2 Å². The standard InChI is InChI=1S/C17H29N5O2/c1-12(2)14-10-15(19-16(18-14)20(3)4)22-9-7-8-13(11-22)24-17(23)21(5)6/h10,12-13H,7-9,11H2,1-6H3. The van der Waals surface area contributed by atoms with E-state index in [1.165, 1.54) is 4.90 Å². The molecule has 134 valence electrons. The van der Waals surface area contributed by atoms with Crippen LogP contribution in [0.4, 0.5) is 16.6 Å². The summed E-state index contributed by atoms with van der Waals surface area (Å²) in [4.78, 5) is 26.7. The Labute approximate surface area is 144 Å². The Morgan fingerprint density at radius 3 is 2.58 bits per heavy atom. The van der Waals surface area contributed by atoms with Gasteiger partial charge in [0, 0.05) is 40.8 Å². The molecule has 1 atom stereocenters. The van der Waals surface area contributed by atoms with Crippen molar-refractivity contribution in [3.05, 3.63) is 11.8 Å². The second-order valence-electron chi connectivity index (χ2n) is 6.99. The van der Waals surface area contributed by atoms with Crippen LogP contribution in [0.25, 0.3) is 0 Å². The molecular weight excluding hydrogens is 306 g/mol. The van der Waals surface area contributed by atoms with Crippen molar-refractivity contribution in [2.24, 2.45) is 0 Å². The monoisotopic (exact) mass is 335 g/mol. The normalized spacial score (nSPS) is 17.8.